The van der Waals surface area contributed by atoms with Crippen molar-refractivity contribution < 1.29 is 9.90 Å². The maximum atomic E-state index is 12.6. The van der Waals surface area contributed by atoms with E-state index in [1.54, 1.807) is 6.07 Å². The van der Waals surface area contributed by atoms with Crippen LogP contribution >= 0.6 is 0 Å². The summed E-state index contributed by atoms with van der Waals surface area (Å²) in [6.07, 6.45) is 3.69. The van der Waals surface area contributed by atoms with E-state index in [1.807, 2.05) is 30.3 Å². The van der Waals surface area contributed by atoms with Crippen molar-refractivity contribution in [3.63, 3.8) is 0 Å². The summed E-state index contributed by atoms with van der Waals surface area (Å²) >= 11 is 0. The number of hydrogen-bond donors (Lipinski definition) is 2. The van der Waals surface area contributed by atoms with Crippen LogP contribution in [0.15, 0.2) is 42.6 Å². The highest BCUT2D eigenvalue weighted by Gasteiger charge is 2.23. The molecule has 0 bridgehead atoms. The lowest BCUT2D eigenvalue weighted by atomic mass is 10.1. The number of likely N-dealkylation sites (tertiary alicyclic amines) is 1. The Labute approximate surface area is 151 Å². The van der Waals surface area contributed by atoms with Gasteiger partial charge >= 0.3 is 0 Å². The molecule has 1 amide bonds. The van der Waals surface area contributed by atoms with Gasteiger partial charge in [-0.05, 0) is 26.4 Å². The Balaban J connectivity index is 1.63. The molecule has 1 atom stereocenters. The number of carbonyl (C=O) groups is 1. The van der Waals surface area contributed by atoms with E-state index >= 15 is 0 Å². The number of nitrogens with zero attached hydrogens (tertiary/aromatic N) is 4. The lowest BCUT2D eigenvalue weighted by Crippen LogP contribution is -2.38. The third-order valence-electron chi connectivity index (χ3n) is 4.94. The van der Waals surface area contributed by atoms with Crippen LogP contribution in [0, 0.1) is 0 Å². The Hall–Kier alpha value is -2.93. The summed E-state index contributed by atoms with van der Waals surface area (Å²) in [5.41, 5.74) is 2.17. The zero-order valence-corrected chi connectivity index (χ0v) is 14.6. The van der Waals surface area contributed by atoms with E-state index in [4.69, 9.17) is 0 Å². The van der Waals surface area contributed by atoms with Gasteiger partial charge in [-0.2, -0.15) is 9.61 Å². The summed E-state index contributed by atoms with van der Waals surface area (Å²) in [6.45, 7) is 1.66. The highest BCUT2D eigenvalue weighted by Crippen LogP contribution is 2.24. The number of fused-ring (bicyclic) bond motifs is 1. The molecular weight excluding hydrogens is 330 g/mol. The molecule has 0 saturated carbocycles. The fraction of sp³-hybridized carbons (Fsp3) is 0.316. The van der Waals surface area contributed by atoms with E-state index < -0.39 is 0 Å². The minimum absolute atomic E-state index is 0.0524. The van der Waals surface area contributed by atoms with Crippen molar-refractivity contribution in [2.75, 3.05) is 20.1 Å². The molecule has 2 N–H and O–H groups in total. The SMILES string of the molecule is CN1CCCC1CNC(=O)c1cnn2c(O)cc(-c3ccccc3)nc12. The predicted molar refractivity (Wildman–Crippen MR) is 98.1 cm³/mol. The molecule has 0 radical (unpaired) electrons. The first-order valence-corrected chi connectivity index (χ1v) is 8.75. The lowest BCUT2D eigenvalue weighted by molar-refractivity contribution is 0.0945. The summed E-state index contributed by atoms with van der Waals surface area (Å²) in [4.78, 5) is 19.4. The molecular formula is C19H21N5O2. The normalized spacial score (nSPS) is 17.7. The van der Waals surface area contributed by atoms with Crippen molar-refractivity contribution in [1.82, 2.24) is 24.8 Å². The Morgan fingerprint density at radius 2 is 2.15 bits per heavy atom. The predicted octanol–water partition coefficient (Wildman–Crippen LogP) is 1.93. The van der Waals surface area contributed by atoms with Crippen molar-refractivity contribution in [3.05, 3.63) is 48.2 Å². The molecule has 1 aliphatic rings. The number of nitrogens with one attached hydrogen (secondary N) is 1. The number of aromatic hydroxyl groups is 1. The van der Waals surface area contributed by atoms with Crippen LogP contribution in [0.2, 0.25) is 0 Å². The van der Waals surface area contributed by atoms with E-state index in [-0.39, 0.29) is 11.8 Å². The van der Waals surface area contributed by atoms with Gasteiger partial charge in [0, 0.05) is 24.2 Å². The molecule has 1 saturated heterocycles. The van der Waals surface area contributed by atoms with E-state index in [0.29, 0.717) is 29.5 Å². The van der Waals surface area contributed by atoms with Gasteiger partial charge in [0.05, 0.1) is 11.9 Å². The van der Waals surface area contributed by atoms with Crippen LogP contribution in [0.5, 0.6) is 5.88 Å². The third-order valence-corrected chi connectivity index (χ3v) is 4.94. The van der Waals surface area contributed by atoms with E-state index in [0.717, 1.165) is 24.9 Å². The van der Waals surface area contributed by atoms with Crippen molar-refractivity contribution in [3.8, 4) is 17.1 Å². The van der Waals surface area contributed by atoms with Gasteiger partial charge in [0.15, 0.2) is 5.65 Å². The van der Waals surface area contributed by atoms with Gasteiger partial charge in [0.2, 0.25) is 5.88 Å². The minimum Gasteiger partial charge on any atom is -0.493 e. The van der Waals surface area contributed by atoms with Crippen molar-refractivity contribution in [2.45, 2.75) is 18.9 Å². The van der Waals surface area contributed by atoms with Crippen molar-refractivity contribution in [1.29, 1.82) is 0 Å². The van der Waals surface area contributed by atoms with Crippen LogP contribution in [0.25, 0.3) is 16.9 Å². The first kappa shape index (κ1) is 16.5. The van der Waals surface area contributed by atoms with Crippen LogP contribution in [0.3, 0.4) is 0 Å². The second kappa shape index (κ2) is 6.76. The molecule has 0 aliphatic carbocycles. The van der Waals surface area contributed by atoms with Gasteiger partial charge in [0.25, 0.3) is 5.91 Å². The van der Waals surface area contributed by atoms with Gasteiger partial charge in [0.1, 0.15) is 5.56 Å². The molecule has 1 aliphatic heterocycles. The maximum absolute atomic E-state index is 12.6. The Morgan fingerprint density at radius 1 is 1.35 bits per heavy atom. The van der Waals surface area contributed by atoms with Gasteiger partial charge in [-0.25, -0.2) is 4.98 Å². The summed E-state index contributed by atoms with van der Waals surface area (Å²) in [5, 5.41) is 17.3. The number of hydrogen-bond acceptors (Lipinski definition) is 5. The van der Waals surface area contributed by atoms with Crippen LogP contribution < -0.4 is 5.32 Å². The fourth-order valence-corrected chi connectivity index (χ4v) is 3.41. The number of carbonyl (C=O) groups excluding carboxylic acids is 1. The molecule has 7 nitrogen and oxygen atoms in total. The van der Waals surface area contributed by atoms with Crippen LogP contribution in [0.4, 0.5) is 0 Å². The zero-order chi connectivity index (χ0) is 18.1. The molecule has 2 aromatic heterocycles. The molecule has 134 valence electrons. The van der Waals surface area contributed by atoms with Crippen LogP contribution in [-0.4, -0.2) is 56.7 Å². The smallest absolute Gasteiger partial charge is 0.256 e. The highest BCUT2D eigenvalue weighted by molar-refractivity contribution is 6.00. The van der Waals surface area contributed by atoms with Gasteiger partial charge < -0.3 is 15.3 Å². The van der Waals surface area contributed by atoms with Crippen LogP contribution in [-0.2, 0) is 0 Å². The monoisotopic (exact) mass is 351 g/mol. The Bertz CT molecular complexity index is 938. The minimum atomic E-state index is -0.225. The first-order valence-electron chi connectivity index (χ1n) is 8.75. The average Bonchev–Trinajstić information content (AvgIpc) is 3.27. The topological polar surface area (TPSA) is 82.8 Å². The summed E-state index contributed by atoms with van der Waals surface area (Å²) in [5.74, 6) is -0.277. The number of amides is 1. The van der Waals surface area contributed by atoms with Crippen molar-refractivity contribution >= 4 is 11.6 Å². The molecule has 7 heteroatoms. The van der Waals surface area contributed by atoms with Gasteiger partial charge in [-0.15, -0.1) is 0 Å². The van der Waals surface area contributed by atoms with Gasteiger partial charge in [-0.3, -0.25) is 4.79 Å². The maximum Gasteiger partial charge on any atom is 0.256 e. The zero-order valence-electron chi connectivity index (χ0n) is 14.6. The molecule has 1 fully saturated rings. The molecule has 3 aromatic rings. The van der Waals surface area contributed by atoms with Crippen molar-refractivity contribution in [2.24, 2.45) is 0 Å². The number of rotatable bonds is 4. The van der Waals surface area contributed by atoms with E-state index in [9.17, 15) is 9.90 Å². The molecule has 4 rings (SSSR count). The molecule has 26 heavy (non-hydrogen) atoms. The standard InChI is InChI=1S/C19H21N5O2/c1-23-9-5-8-14(23)11-20-19(26)15-12-21-24-17(25)10-16(22-18(15)24)13-6-3-2-4-7-13/h2-4,6-7,10,12,14,25H,5,8-9,11H2,1H3,(H,20,26). The second-order valence-corrected chi connectivity index (χ2v) is 6.65. The average molecular weight is 351 g/mol. The Kier molecular flexibility index (Phi) is 4.30. The number of benzene rings is 1. The summed E-state index contributed by atoms with van der Waals surface area (Å²) < 4.78 is 1.28. The first-order chi connectivity index (χ1) is 12.6. The Morgan fingerprint density at radius 3 is 2.88 bits per heavy atom. The fourth-order valence-electron chi connectivity index (χ4n) is 3.41. The highest BCUT2D eigenvalue weighted by atomic mass is 16.3. The summed E-state index contributed by atoms with van der Waals surface area (Å²) in [6, 6.07) is 11.4. The second-order valence-electron chi connectivity index (χ2n) is 6.65. The lowest BCUT2D eigenvalue weighted by Gasteiger charge is -2.19. The molecule has 0 spiro atoms. The number of aromatic nitrogens is 3. The quantitative estimate of drug-likeness (QED) is 0.750. The molecule has 3 heterocycles. The third kappa shape index (κ3) is 3.01. The van der Waals surface area contributed by atoms with Gasteiger partial charge in [-0.1, -0.05) is 30.3 Å². The van der Waals surface area contributed by atoms with E-state index in [2.05, 4.69) is 27.3 Å². The molecule has 1 aromatic carbocycles. The largest absolute Gasteiger partial charge is 0.493 e. The summed E-state index contributed by atoms with van der Waals surface area (Å²) in [7, 11) is 2.07. The molecule has 1 unspecified atom stereocenters. The van der Waals surface area contributed by atoms with Crippen LogP contribution in [0.1, 0.15) is 23.2 Å². The van der Waals surface area contributed by atoms with E-state index in [1.165, 1.54) is 10.7 Å². The number of likely N-dealkylation sites (N-methyl/N-ethyl adjacent to an activating group) is 1.